The van der Waals surface area contributed by atoms with Crippen molar-refractivity contribution >= 4 is 5.91 Å². The highest BCUT2D eigenvalue weighted by atomic mass is 19.1. The number of piperidine rings is 1. The average Bonchev–Trinajstić information content (AvgIpc) is 3.23. The number of halogens is 1. The number of carbonyl (C=O) groups excluding carboxylic acids is 1. The van der Waals surface area contributed by atoms with E-state index in [4.69, 9.17) is 4.42 Å². The van der Waals surface area contributed by atoms with Gasteiger partial charge in [-0.05, 0) is 55.0 Å². The van der Waals surface area contributed by atoms with Crippen molar-refractivity contribution in [3.63, 3.8) is 0 Å². The van der Waals surface area contributed by atoms with Gasteiger partial charge in [-0.2, -0.15) is 0 Å². The largest absolute Gasteiger partial charge is 0.466 e. The second-order valence-corrected chi connectivity index (χ2v) is 8.37. The number of nitrogens with zero attached hydrogens (tertiary/aromatic N) is 1. The Bertz CT molecular complexity index is 793. The number of amides is 1. The molecular formula is C23H29FN2O2. The number of carbonyl (C=O) groups is 1. The summed E-state index contributed by atoms with van der Waals surface area (Å²) in [5, 5.41) is 3.17. The number of benzene rings is 1. The normalized spacial score (nSPS) is 22.9. The first-order valence-corrected chi connectivity index (χ1v) is 10.4. The van der Waals surface area contributed by atoms with E-state index in [0.717, 1.165) is 55.5 Å². The second-order valence-electron chi connectivity index (χ2n) is 8.37. The van der Waals surface area contributed by atoms with Crippen LogP contribution in [0.15, 0.2) is 40.8 Å². The lowest BCUT2D eigenvalue weighted by atomic mass is 10.0. The van der Waals surface area contributed by atoms with Gasteiger partial charge in [0, 0.05) is 44.4 Å². The van der Waals surface area contributed by atoms with Crippen molar-refractivity contribution in [2.24, 2.45) is 5.92 Å². The Morgan fingerprint density at radius 1 is 1.18 bits per heavy atom. The van der Waals surface area contributed by atoms with Crippen LogP contribution < -0.4 is 5.32 Å². The van der Waals surface area contributed by atoms with Crippen molar-refractivity contribution in [1.29, 1.82) is 0 Å². The third-order valence-electron chi connectivity index (χ3n) is 6.03. The summed E-state index contributed by atoms with van der Waals surface area (Å²) >= 11 is 0. The molecule has 2 fully saturated rings. The van der Waals surface area contributed by atoms with Gasteiger partial charge in [0.25, 0.3) is 0 Å². The summed E-state index contributed by atoms with van der Waals surface area (Å²) in [5.41, 5.74) is 1.13. The summed E-state index contributed by atoms with van der Waals surface area (Å²) in [6.45, 7) is 4.97. The molecular weight excluding hydrogens is 355 g/mol. The fourth-order valence-electron chi connectivity index (χ4n) is 4.07. The van der Waals surface area contributed by atoms with Crippen molar-refractivity contribution < 1.29 is 13.6 Å². The highest BCUT2D eigenvalue weighted by Crippen LogP contribution is 2.47. The van der Waals surface area contributed by atoms with E-state index in [2.05, 4.69) is 23.2 Å². The molecule has 28 heavy (non-hydrogen) atoms. The number of hydrogen-bond acceptors (Lipinski definition) is 3. The number of nitrogens with one attached hydrogen (secondary N) is 1. The third-order valence-corrected chi connectivity index (χ3v) is 6.03. The maximum absolute atomic E-state index is 13.0. The van der Waals surface area contributed by atoms with Gasteiger partial charge in [-0.25, -0.2) is 4.39 Å². The molecule has 1 aliphatic heterocycles. The van der Waals surface area contributed by atoms with E-state index in [1.54, 1.807) is 0 Å². The van der Waals surface area contributed by atoms with Crippen LogP contribution in [0.2, 0.25) is 0 Å². The van der Waals surface area contributed by atoms with Crippen molar-refractivity contribution in [3.05, 3.63) is 59.3 Å². The smallest absolute Gasteiger partial charge is 0.220 e. The molecule has 2 unspecified atom stereocenters. The predicted octanol–water partition coefficient (Wildman–Crippen LogP) is 4.26. The molecule has 1 N–H and O–H groups in total. The van der Waals surface area contributed by atoms with Crippen molar-refractivity contribution in [3.8, 4) is 0 Å². The number of aryl methyl sites for hydroxylation is 1. The Kier molecular flexibility index (Phi) is 5.81. The topological polar surface area (TPSA) is 45.5 Å². The van der Waals surface area contributed by atoms with Gasteiger partial charge in [-0.1, -0.05) is 19.1 Å². The number of hydrogen-bond donors (Lipinski definition) is 1. The number of likely N-dealkylation sites (tertiary alicyclic amines) is 1. The summed E-state index contributed by atoms with van der Waals surface area (Å²) < 4.78 is 18.9. The van der Waals surface area contributed by atoms with E-state index < -0.39 is 0 Å². The van der Waals surface area contributed by atoms with Gasteiger partial charge in [-0.15, -0.1) is 0 Å². The highest BCUT2D eigenvalue weighted by molar-refractivity contribution is 5.76. The molecule has 4 rings (SSSR count). The Hall–Kier alpha value is -2.14. The van der Waals surface area contributed by atoms with Crippen LogP contribution >= 0.6 is 0 Å². The van der Waals surface area contributed by atoms with Crippen molar-refractivity contribution in [1.82, 2.24) is 10.2 Å². The minimum absolute atomic E-state index is 0.106. The Labute approximate surface area is 166 Å². The molecule has 1 saturated carbocycles. The molecule has 1 aliphatic carbocycles. The van der Waals surface area contributed by atoms with Gasteiger partial charge < -0.3 is 9.73 Å². The van der Waals surface area contributed by atoms with Crippen LogP contribution in [0.4, 0.5) is 4.39 Å². The van der Waals surface area contributed by atoms with E-state index in [1.165, 1.54) is 18.6 Å². The summed E-state index contributed by atoms with van der Waals surface area (Å²) in [6.07, 6.45) is 4.27. The van der Waals surface area contributed by atoms with E-state index in [1.807, 2.05) is 18.2 Å². The first-order chi connectivity index (χ1) is 13.6. The molecule has 0 bridgehead atoms. The quantitative estimate of drug-likeness (QED) is 0.776. The molecule has 2 atom stereocenters. The Morgan fingerprint density at radius 2 is 1.89 bits per heavy atom. The first-order valence-electron chi connectivity index (χ1n) is 10.4. The molecule has 1 amide bonds. The molecule has 1 aromatic heterocycles. The van der Waals surface area contributed by atoms with Crippen LogP contribution in [-0.2, 0) is 17.8 Å². The van der Waals surface area contributed by atoms with Gasteiger partial charge in [0.15, 0.2) is 0 Å². The lowest BCUT2D eigenvalue weighted by Crippen LogP contribution is -2.44. The van der Waals surface area contributed by atoms with Crippen LogP contribution in [0.25, 0.3) is 0 Å². The molecule has 5 heteroatoms. The fraction of sp³-hybridized carbons (Fsp3) is 0.522. The minimum Gasteiger partial charge on any atom is -0.466 e. The molecule has 2 aromatic rings. The van der Waals surface area contributed by atoms with Gasteiger partial charge >= 0.3 is 0 Å². The number of furan rings is 1. The minimum atomic E-state index is -0.196. The molecule has 0 radical (unpaired) electrons. The zero-order valence-electron chi connectivity index (χ0n) is 16.5. The molecule has 1 aromatic carbocycles. The van der Waals surface area contributed by atoms with E-state index in [-0.39, 0.29) is 17.8 Å². The summed E-state index contributed by atoms with van der Waals surface area (Å²) in [4.78, 5) is 14.7. The predicted molar refractivity (Wildman–Crippen MR) is 106 cm³/mol. The van der Waals surface area contributed by atoms with Crippen LogP contribution in [0.5, 0.6) is 0 Å². The maximum Gasteiger partial charge on any atom is 0.220 e. The SMILES string of the molecule is CC1CC1c1ccc(CCC(=O)NC2CCN(Cc3ccc(F)cc3)CC2)o1. The summed E-state index contributed by atoms with van der Waals surface area (Å²) in [7, 11) is 0. The number of rotatable bonds is 7. The van der Waals surface area contributed by atoms with Gasteiger partial charge in [-0.3, -0.25) is 9.69 Å². The van der Waals surface area contributed by atoms with Crippen LogP contribution in [0, 0.1) is 11.7 Å². The molecule has 1 saturated heterocycles. The van der Waals surface area contributed by atoms with Crippen LogP contribution in [-0.4, -0.2) is 29.9 Å². The van der Waals surface area contributed by atoms with Crippen molar-refractivity contribution in [2.45, 2.75) is 57.5 Å². The van der Waals surface area contributed by atoms with Gasteiger partial charge in [0.05, 0.1) is 0 Å². The summed E-state index contributed by atoms with van der Waals surface area (Å²) in [5.74, 6) is 3.22. The average molecular weight is 384 g/mol. The van der Waals surface area contributed by atoms with Crippen LogP contribution in [0.3, 0.4) is 0 Å². The molecule has 2 aliphatic rings. The summed E-state index contributed by atoms with van der Waals surface area (Å²) in [6, 6.07) is 11.0. The van der Waals surface area contributed by atoms with Gasteiger partial charge in [0.2, 0.25) is 5.91 Å². The Balaban J connectivity index is 1.15. The van der Waals surface area contributed by atoms with E-state index in [9.17, 15) is 9.18 Å². The highest BCUT2D eigenvalue weighted by Gasteiger charge is 2.36. The fourth-order valence-corrected chi connectivity index (χ4v) is 4.07. The van der Waals surface area contributed by atoms with E-state index >= 15 is 0 Å². The van der Waals surface area contributed by atoms with Gasteiger partial charge in [0.1, 0.15) is 17.3 Å². The third kappa shape index (κ3) is 5.02. The monoisotopic (exact) mass is 384 g/mol. The standard InChI is InChI=1S/C23H29FN2O2/c1-16-14-21(16)22-8-6-20(28-22)7-9-23(27)25-19-10-12-26(13-11-19)15-17-2-4-18(24)5-3-17/h2-6,8,16,19,21H,7,9-15H2,1H3,(H,25,27). The lowest BCUT2D eigenvalue weighted by molar-refractivity contribution is -0.122. The first kappa shape index (κ1) is 19.2. The second kappa shape index (κ2) is 8.48. The molecule has 4 nitrogen and oxygen atoms in total. The lowest BCUT2D eigenvalue weighted by Gasteiger charge is -2.32. The maximum atomic E-state index is 13.0. The molecule has 0 spiro atoms. The molecule has 150 valence electrons. The zero-order valence-corrected chi connectivity index (χ0v) is 16.5. The van der Waals surface area contributed by atoms with E-state index in [0.29, 0.717) is 18.8 Å². The van der Waals surface area contributed by atoms with Crippen molar-refractivity contribution in [2.75, 3.05) is 13.1 Å². The zero-order chi connectivity index (χ0) is 19.5. The Morgan fingerprint density at radius 3 is 2.57 bits per heavy atom. The molecule has 2 heterocycles. The van der Waals surface area contributed by atoms with Crippen LogP contribution in [0.1, 0.15) is 55.6 Å².